The average molecular weight is 312 g/mol. The molecular formula is C16H15F3O3. The highest BCUT2D eigenvalue weighted by Crippen LogP contribution is 2.35. The monoisotopic (exact) mass is 312 g/mol. The predicted octanol–water partition coefficient (Wildman–Crippen LogP) is 3.57. The molecule has 0 aliphatic carbocycles. The number of aliphatic hydroxyl groups is 1. The Labute approximate surface area is 125 Å². The van der Waals surface area contributed by atoms with E-state index in [1.165, 1.54) is 42.5 Å². The van der Waals surface area contributed by atoms with Crippen LogP contribution < -0.4 is 4.74 Å². The van der Waals surface area contributed by atoms with Crippen LogP contribution in [0.1, 0.15) is 17.0 Å². The van der Waals surface area contributed by atoms with Crippen molar-refractivity contribution in [3.8, 4) is 11.5 Å². The Morgan fingerprint density at radius 3 is 2.23 bits per heavy atom. The molecule has 0 aromatic heterocycles. The molecule has 0 amide bonds. The molecule has 0 saturated heterocycles. The Balaban J connectivity index is 2.17. The van der Waals surface area contributed by atoms with Crippen LogP contribution >= 0.6 is 0 Å². The Kier molecular flexibility index (Phi) is 4.92. The van der Waals surface area contributed by atoms with Gasteiger partial charge in [0.2, 0.25) is 0 Å². The van der Waals surface area contributed by atoms with Gasteiger partial charge in [-0.15, -0.1) is 0 Å². The lowest BCUT2D eigenvalue weighted by Gasteiger charge is -2.20. The van der Waals surface area contributed by atoms with Gasteiger partial charge >= 0.3 is 6.18 Å². The first-order valence-electron chi connectivity index (χ1n) is 6.60. The second kappa shape index (κ2) is 6.70. The van der Waals surface area contributed by atoms with Gasteiger partial charge in [-0.25, -0.2) is 0 Å². The maximum Gasteiger partial charge on any atom is 0.416 e. The smallest absolute Gasteiger partial charge is 0.416 e. The first kappa shape index (κ1) is 16.2. The van der Waals surface area contributed by atoms with Gasteiger partial charge < -0.3 is 14.9 Å². The van der Waals surface area contributed by atoms with E-state index in [2.05, 4.69) is 0 Å². The zero-order chi connectivity index (χ0) is 16.2. The number of phenols is 1. The lowest BCUT2D eigenvalue weighted by atomic mass is 9.95. The van der Waals surface area contributed by atoms with Crippen LogP contribution in [0, 0.1) is 0 Å². The van der Waals surface area contributed by atoms with E-state index < -0.39 is 24.3 Å². The van der Waals surface area contributed by atoms with Crippen LogP contribution in [0.5, 0.6) is 11.5 Å². The fourth-order valence-corrected chi connectivity index (χ4v) is 2.09. The Morgan fingerprint density at radius 1 is 1.00 bits per heavy atom. The number of ether oxygens (including phenoxy) is 1. The van der Waals surface area contributed by atoms with Gasteiger partial charge in [0.05, 0.1) is 18.8 Å². The van der Waals surface area contributed by atoms with Crippen LogP contribution in [0.15, 0.2) is 48.5 Å². The van der Waals surface area contributed by atoms with Gasteiger partial charge in [-0.2, -0.15) is 13.2 Å². The van der Waals surface area contributed by atoms with Crippen molar-refractivity contribution in [1.29, 1.82) is 0 Å². The molecule has 2 rings (SSSR count). The van der Waals surface area contributed by atoms with E-state index in [0.717, 1.165) is 6.07 Å². The largest absolute Gasteiger partial charge is 0.508 e. The standard InChI is InChI=1S/C16H15F3O3/c17-16(18,19)15-4-2-1-3-14(15)11(9-20)10-22-13-7-5-12(21)6-8-13/h1-8,11,20-21H,9-10H2. The molecule has 0 fully saturated rings. The summed E-state index contributed by atoms with van der Waals surface area (Å²) >= 11 is 0. The van der Waals surface area contributed by atoms with Crippen LogP contribution in [0.3, 0.4) is 0 Å². The number of hydrogen-bond acceptors (Lipinski definition) is 3. The number of phenolic OH excluding ortho intramolecular Hbond substituents is 1. The summed E-state index contributed by atoms with van der Waals surface area (Å²) in [4.78, 5) is 0. The Bertz CT molecular complexity index is 609. The fraction of sp³-hybridized carbons (Fsp3) is 0.250. The summed E-state index contributed by atoms with van der Waals surface area (Å²) in [7, 11) is 0. The summed E-state index contributed by atoms with van der Waals surface area (Å²) in [5, 5.41) is 18.6. The molecular weight excluding hydrogens is 297 g/mol. The average Bonchev–Trinajstić information content (AvgIpc) is 2.49. The fourth-order valence-electron chi connectivity index (χ4n) is 2.09. The van der Waals surface area contributed by atoms with Crippen molar-refractivity contribution in [3.05, 3.63) is 59.7 Å². The van der Waals surface area contributed by atoms with Gasteiger partial charge in [0.25, 0.3) is 0 Å². The van der Waals surface area contributed by atoms with Crippen molar-refractivity contribution >= 4 is 0 Å². The zero-order valence-electron chi connectivity index (χ0n) is 11.5. The van der Waals surface area contributed by atoms with Crippen molar-refractivity contribution < 1.29 is 28.1 Å². The summed E-state index contributed by atoms with van der Waals surface area (Å²) in [6.07, 6.45) is -4.48. The third kappa shape index (κ3) is 3.92. The molecule has 0 aliphatic heterocycles. The number of halogens is 3. The van der Waals surface area contributed by atoms with Gasteiger partial charge in [0, 0.05) is 5.92 Å². The first-order valence-corrected chi connectivity index (χ1v) is 6.60. The molecule has 0 aliphatic rings. The number of alkyl halides is 3. The van der Waals surface area contributed by atoms with Gasteiger partial charge in [-0.3, -0.25) is 0 Å². The minimum atomic E-state index is -4.48. The minimum absolute atomic E-state index is 0.00345. The highest BCUT2D eigenvalue weighted by molar-refractivity contribution is 5.34. The lowest BCUT2D eigenvalue weighted by molar-refractivity contribution is -0.138. The van der Waals surface area contributed by atoms with Gasteiger partial charge in [0.15, 0.2) is 0 Å². The van der Waals surface area contributed by atoms with Crippen molar-refractivity contribution in [2.75, 3.05) is 13.2 Å². The lowest BCUT2D eigenvalue weighted by Crippen LogP contribution is -2.19. The van der Waals surface area contributed by atoms with Crippen molar-refractivity contribution in [2.24, 2.45) is 0 Å². The molecule has 22 heavy (non-hydrogen) atoms. The third-order valence-corrected chi connectivity index (χ3v) is 3.21. The highest BCUT2D eigenvalue weighted by Gasteiger charge is 2.34. The zero-order valence-corrected chi connectivity index (χ0v) is 11.5. The van der Waals surface area contributed by atoms with Crippen LogP contribution in [-0.2, 0) is 6.18 Å². The minimum Gasteiger partial charge on any atom is -0.508 e. The van der Waals surface area contributed by atoms with Crippen molar-refractivity contribution in [3.63, 3.8) is 0 Å². The van der Waals surface area contributed by atoms with E-state index >= 15 is 0 Å². The Morgan fingerprint density at radius 2 is 1.64 bits per heavy atom. The van der Waals surface area contributed by atoms with Crippen molar-refractivity contribution in [1.82, 2.24) is 0 Å². The van der Waals surface area contributed by atoms with Crippen molar-refractivity contribution in [2.45, 2.75) is 12.1 Å². The topological polar surface area (TPSA) is 49.7 Å². The van der Waals surface area contributed by atoms with E-state index in [9.17, 15) is 18.3 Å². The summed E-state index contributed by atoms with van der Waals surface area (Å²) in [6.45, 7) is -0.570. The maximum atomic E-state index is 13.0. The molecule has 2 aromatic carbocycles. The van der Waals surface area contributed by atoms with Crippen LogP contribution in [0.25, 0.3) is 0 Å². The predicted molar refractivity (Wildman–Crippen MR) is 74.9 cm³/mol. The molecule has 2 aromatic rings. The molecule has 0 radical (unpaired) electrons. The quantitative estimate of drug-likeness (QED) is 0.887. The molecule has 6 heteroatoms. The van der Waals surface area contributed by atoms with Crippen LogP contribution in [0.2, 0.25) is 0 Å². The number of benzene rings is 2. The molecule has 0 saturated carbocycles. The molecule has 3 nitrogen and oxygen atoms in total. The van der Waals surface area contributed by atoms with Gasteiger partial charge in [-0.1, -0.05) is 18.2 Å². The number of aliphatic hydroxyl groups excluding tert-OH is 1. The Hall–Kier alpha value is -2.21. The molecule has 1 unspecified atom stereocenters. The molecule has 1 atom stereocenters. The van der Waals surface area contributed by atoms with Crippen LogP contribution in [0.4, 0.5) is 13.2 Å². The SMILES string of the molecule is OCC(COc1ccc(O)cc1)c1ccccc1C(F)(F)F. The third-order valence-electron chi connectivity index (χ3n) is 3.21. The van der Waals surface area contributed by atoms with E-state index in [1.54, 1.807) is 0 Å². The first-order chi connectivity index (χ1) is 10.4. The summed E-state index contributed by atoms with van der Waals surface area (Å²) in [5.41, 5.74) is -0.778. The number of rotatable bonds is 5. The molecule has 118 valence electrons. The molecule has 0 heterocycles. The maximum absolute atomic E-state index is 13.0. The molecule has 0 bridgehead atoms. The normalized spacial score (nSPS) is 12.9. The van der Waals surface area contributed by atoms with E-state index in [-0.39, 0.29) is 17.9 Å². The van der Waals surface area contributed by atoms with Gasteiger partial charge in [-0.05, 0) is 35.9 Å². The van der Waals surface area contributed by atoms with Crippen LogP contribution in [-0.4, -0.2) is 23.4 Å². The van der Waals surface area contributed by atoms with E-state index in [0.29, 0.717) is 5.75 Å². The highest BCUT2D eigenvalue weighted by atomic mass is 19.4. The number of hydrogen-bond donors (Lipinski definition) is 2. The second-order valence-electron chi connectivity index (χ2n) is 4.77. The second-order valence-corrected chi connectivity index (χ2v) is 4.77. The summed E-state index contributed by atoms with van der Waals surface area (Å²) in [5.74, 6) is -0.333. The number of aromatic hydroxyl groups is 1. The molecule has 0 spiro atoms. The van der Waals surface area contributed by atoms with Gasteiger partial charge in [0.1, 0.15) is 11.5 Å². The van der Waals surface area contributed by atoms with E-state index in [4.69, 9.17) is 9.84 Å². The van der Waals surface area contributed by atoms with E-state index in [1.807, 2.05) is 0 Å². The summed E-state index contributed by atoms with van der Waals surface area (Å²) in [6, 6.07) is 10.9. The molecule has 2 N–H and O–H groups in total. The summed E-state index contributed by atoms with van der Waals surface area (Å²) < 4.78 is 44.4.